The monoisotopic (exact) mass is 302 g/mol. The van der Waals surface area contributed by atoms with Crippen LogP contribution in [0.4, 0.5) is 8.78 Å². The Hall–Kier alpha value is -1.78. The third-order valence-corrected chi connectivity index (χ3v) is 4.26. The van der Waals surface area contributed by atoms with E-state index in [-0.39, 0.29) is 17.7 Å². The van der Waals surface area contributed by atoms with Gasteiger partial charge in [0.05, 0.1) is 6.04 Å². The molecule has 2 nitrogen and oxygen atoms in total. The first-order valence-corrected chi connectivity index (χ1v) is 7.62. The molecule has 1 fully saturated rings. The number of piperazine rings is 1. The van der Waals surface area contributed by atoms with E-state index in [0.717, 1.165) is 30.8 Å². The van der Waals surface area contributed by atoms with Crippen LogP contribution in [0.3, 0.4) is 0 Å². The van der Waals surface area contributed by atoms with E-state index in [1.54, 1.807) is 0 Å². The molecule has 1 atom stereocenters. The molecule has 0 unspecified atom stereocenters. The molecule has 1 aliphatic rings. The second kappa shape index (κ2) is 6.55. The van der Waals surface area contributed by atoms with Crippen molar-refractivity contribution in [2.75, 3.05) is 19.6 Å². The molecule has 1 aliphatic heterocycles. The normalized spacial score (nSPS) is 19.5. The maximum absolute atomic E-state index is 13.3. The van der Waals surface area contributed by atoms with Crippen LogP contribution in [0.1, 0.15) is 24.1 Å². The fourth-order valence-corrected chi connectivity index (χ4v) is 3.11. The SMILES string of the molecule is C[C@@H]1CNCCN1C(c1ccc(F)cc1)c1ccc(F)cc1. The molecule has 3 rings (SSSR count). The molecule has 0 bridgehead atoms. The molecule has 4 heteroatoms. The maximum atomic E-state index is 13.3. The fraction of sp³-hybridized carbons (Fsp3) is 0.333. The molecule has 0 spiro atoms. The Morgan fingerprint density at radius 3 is 1.91 bits per heavy atom. The zero-order chi connectivity index (χ0) is 15.5. The summed E-state index contributed by atoms with van der Waals surface area (Å²) in [4.78, 5) is 2.39. The van der Waals surface area contributed by atoms with Crippen LogP contribution in [-0.4, -0.2) is 30.6 Å². The number of nitrogens with one attached hydrogen (secondary N) is 1. The van der Waals surface area contributed by atoms with Crippen LogP contribution in [-0.2, 0) is 0 Å². The summed E-state index contributed by atoms with van der Waals surface area (Å²) in [5, 5.41) is 3.38. The lowest BCUT2D eigenvalue weighted by Crippen LogP contribution is -2.51. The van der Waals surface area contributed by atoms with Gasteiger partial charge in [-0.1, -0.05) is 24.3 Å². The number of benzene rings is 2. The number of hydrogen-bond acceptors (Lipinski definition) is 2. The minimum absolute atomic E-state index is 0.0123. The summed E-state index contributed by atoms with van der Waals surface area (Å²) in [5.41, 5.74) is 2.06. The van der Waals surface area contributed by atoms with E-state index in [1.165, 1.54) is 24.3 Å². The first-order valence-electron chi connectivity index (χ1n) is 7.62. The van der Waals surface area contributed by atoms with E-state index in [2.05, 4.69) is 17.1 Å². The first kappa shape index (κ1) is 15.1. The first-order chi connectivity index (χ1) is 10.6. The Morgan fingerprint density at radius 1 is 0.955 bits per heavy atom. The molecule has 1 saturated heterocycles. The lowest BCUT2D eigenvalue weighted by Gasteiger charge is -2.40. The van der Waals surface area contributed by atoms with Gasteiger partial charge in [-0.3, -0.25) is 4.90 Å². The number of rotatable bonds is 3. The number of nitrogens with zero attached hydrogens (tertiary/aromatic N) is 1. The Labute approximate surface area is 129 Å². The number of hydrogen-bond donors (Lipinski definition) is 1. The van der Waals surface area contributed by atoms with Gasteiger partial charge in [0.1, 0.15) is 11.6 Å². The van der Waals surface area contributed by atoms with Gasteiger partial charge >= 0.3 is 0 Å². The van der Waals surface area contributed by atoms with Gasteiger partial charge in [-0.15, -0.1) is 0 Å². The molecule has 0 aliphatic carbocycles. The second-order valence-electron chi connectivity index (χ2n) is 5.80. The standard InChI is InChI=1S/C18H20F2N2/c1-13-12-21-10-11-22(13)18(14-2-6-16(19)7-3-14)15-4-8-17(20)9-5-15/h2-9,13,18,21H,10-12H2,1H3/t13-/m1/s1. The van der Waals surface area contributed by atoms with Gasteiger partial charge in [0.15, 0.2) is 0 Å². The van der Waals surface area contributed by atoms with Crippen LogP contribution < -0.4 is 5.32 Å². The topological polar surface area (TPSA) is 15.3 Å². The summed E-state index contributed by atoms with van der Waals surface area (Å²) in [6.45, 7) is 4.91. The highest BCUT2D eigenvalue weighted by atomic mass is 19.1. The minimum Gasteiger partial charge on any atom is -0.314 e. The minimum atomic E-state index is -0.241. The van der Waals surface area contributed by atoms with E-state index in [0.29, 0.717) is 6.04 Å². The third kappa shape index (κ3) is 3.18. The van der Waals surface area contributed by atoms with E-state index >= 15 is 0 Å². The highest BCUT2D eigenvalue weighted by Gasteiger charge is 2.28. The molecular formula is C18H20F2N2. The van der Waals surface area contributed by atoms with Crippen molar-refractivity contribution in [1.29, 1.82) is 0 Å². The Morgan fingerprint density at radius 2 is 1.45 bits per heavy atom. The zero-order valence-electron chi connectivity index (χ0n) is 12.6. The van der Waals surface area contributed by atoms with Gasteiger partial charge in [-0.05, 0) is 42.3 Å². The molecule has 1 N–H and O–H groups in total. The summed E-state index contributed by atoms with van der Waals surface area (Å²) in [5.74, 6) is -0.482. The summed E-state index contributed by atoms with van der Waals surface area (Å²) >= 11 is 0. The van der Waals surface area contributed by atoms with E-state index < -0.39 is 0 Å². The average molecular weight is 302 g/mol. The van der Waals surface area contributed by atoms with E-state index in [9.17, 15) is 8.78 Å². The molecule has 22 heavy (non-hydrogen) atoms. The van der Waals surface area contributed by atoms with Gasteiger partial charge in [0, 0.05) is 25.7 Å². The third-order valence-electron chi connectivity index (χ3n) is 4.26. The Kier molecular flexibility index (Phi) is 4.50. The lowest BCUT2D eigenvalue weighted by atomic mass is 9.95. The van der Waals surface area contributed by atoms with Crippen LogP contribution >= 0.6 is 0 Å². The Bertz CT molecular complexity index is 564. The molecule has 0 radical (unpaired) electrons. The highest BCUT2D eigenvalue weighted by Crippen LogP contribution is 2.31. The molecule has 1 heterocycles. The predicted octanol–water partition coefficient (Wildman–Crippen LogP) is 3.35. The molecule has 0 aromatic heterocycles. The summed E-state index contributed by atoms with van der Waals surface area (Å²) in [7, 11) is 0. The van der Waals surface area contributed by atoms with Crippen molar-refractivity contribution in [3.05, 3.63) is 71.3 Å². The summed E-state index contributed by atoms with van der Waals surface area (Å²) < 4.78 is 26.5. The highest BCUT2D eigenvalue weighted by molar-refractivity contribution is 5.32. The lowest BCUT2D eigenvalue weighted by molar-refractivity contribution is 0.136. The largest absolute Gasteiger partial charge is 0.314 e. The van der Waals surface area contributed by atoms with Gasteiger partial charge < -0.3 is 5.32 Å². The second-order valence-corrected chi connectivity index (χ2v) is 5.80. The van der Waals surface area contributed by atoms with Gasteiger partial charge in [-0.2, -0.15) is 0 Å². The van der Waals surface area contributed by atoms with Gasteiger partial charge in [0.2, 0.25) is 0 Å². The van der Waals surface area contributed by atoms with Crippen molar-refractivity contribution < 1.29 is 8.78 Å². The summed E-state index contributed by atoms with van der Waals surface area (Å²) in [6, 6.07) is 13.6. The summed E-state index contributed by atoms with van der Waals surface area (Å²) in [6.07, 6.45) is 0. The smallest absolute Gasteiger partial charge is 0.123 e. The zero-order valence-corrected chi connectivity index (χ0v) is 12.6. The van der Waals surface area contributed by atoms with E-state index in [1.807, 2.05) is 24.3 Å². The van der Waals surface area contributed by atoms with Crippen LogP contribution in [0.5, 0.6) is 0 Å². The van der Waals surface area contributed by atoms with E-state index in [4.69, 9.17) is 0 Å². The molecular weight excluding hydrogens is 282 g/mol. The van der Waals surface area contributed by atoms with Crippen molar-refractivity contribution in [1.82, 2.24) is 10.2 Å². The van der Waals surface area contributed by atoms with Gasteiger partial charge in [0.25, 0.3) is 0 Å². The quantitative estimate of drug-likeness (QED) is 0.935. The van der Waals surface area contributed by atoms with Crippen LogP contribution in [0.15, 0.2) is 48.5 Å². The van der Waals surface area contributed by atoms with Crippen molar-refractivity contribution in [2.24, 2.45) is 0 Å². The molecule has 0 saturated carbocycles. The molecule has 2 aromatic carbocycles. The maximum Gasteiger partial charge on any atom is 0.123 e. The fourth-order valence-electron chi connectivity index (χ4n) is 3.11. The average Bonchev–Trinajstić information content (AvgIpc) is 2.53. The van der Waals surface area contributed by atoms with Crippen molar-refractivity contribution in [2.45, 2.75) is 19.0 Å². The van der Waals surface area contributed by atoms with Gasteiger partial charge in [-0.25, -0.2) is 8.78 Å². The van der Waals surface area contributed by atoms with Crippen molar-refractivity contribution in [3.63, 3.8) is 0 Å². The molecule has 2 aromatic rings. The van der Waals surface area contributed by atoms with Crippen LogP contribution in [0, 0.1) is 11.6 Å². The molecule has 116 valence electrons. The molecule has 0 amide bonds. The van der Waals surface area contributed by atoms with Crippen molar-refractivity contribution in [3.8, 4) is 0 Å². The van der Waals surface area contributed by atoms with Crippen LogP contribution in [0.25, 0.3) is 0 Å². The number of halogens is 2. The van der Waals surface area contributed by atoms with Crippen LogP contribution in [0.2, 0.25) is 0 Å². The van der Waals surface area contributed by atoms with Crippen molar-refractivity contribution >= 4 is 0 Å². The Balaban J connectivity index is 2.01. The predicted molar refractivity (Wildman–Crippen MR) is 83.7 cm³/mol.